The van der Waals surface area contributed by atoms with Gasteiger partial charge < -0.3 is 15.2 Å². The number of amides is 1. The van der Waals surface area contributed by atoms with Crippen LogP contribution in [-0.4, -0.2) is 28.1 Å². The number of aliphatic hydroxyl groups is 1. The van der Waals surface area contributed by atoms with Crippen LogP contribution in [0.5, 0.6) is 5.75 Å². The minimum absolute atomic E-state index is 0.0705. The van der Waals surface area contributed by atoms with Crippen molar-refractivity contribution in [3.05, 3.63) is 59.7 Å². The van der Waals surface area contributed by atoms with Gasteiger partial charge in [-0.05, 0) is 36.2 Å². The first-order valence-electron chi connectivity index (χ1n) is 9.23. The first-order chi connectivity index (χ1) is 13.1. The molecule has 0 radical (unpaired) electrons. The maximum Gasteiger partial charge on any atom is 0.225 e. The molecular weight excluding hydrogens is 374 g/mol. The Morgan fingerprint density at radius 3 is 2.32 bits per heavy atom. The van der Waals surface area contributed by atoms with Gasteiger partial charge in [0.2, 0.25) is 5.91 Å². The van der Waals surface area contributed by atoms with Crippen LogP contribution >= 0.6 is 0 Å². The van der Waals surface area contributed by atoms with Gasteiger partial charge in [0, 0.05) is 10.3 Å². The molecule has 0 saturated carbocycles. The predicted octanol–water partition coefficient (Wildman–Crippen LogP) is 3.76. The fraction of sp³-hybridized carbons (Fsp3) is 0.409. The van der Waals surface area contributed by atoms with E-state index in [1.54, 1.807) is 37.4 Å². The molecule has 0 spiro atoms. The van der Waals surface area contributed by atoms with E-state index in [0.29, 0.717) is 16.2 Å². The summed E-state index contributed by atoms with van der Waals surface area (Å²) in [7, 11) is 0.159. The van der Waals surface area contributed by atoms with Crippen molar-refractivity contribution in [2.24, 2.45) is 5.41 Å². The zero-order valence-electron chi connectivity index (χ0n) is 17.1. The quantitative estimate of drug-likeness (QED) is 0.738. The SMILES string of the molecule is COc1ccc([C@H](O)C[S@](=O)c2ccccc2[C@@H](C)NC(=O)C(C)(C)C)cc1. The van der Waals surface area contributed by atoms with Crippen LogP contribution in [0.25, 0.3) is 0 Å². The fourth-order valence-corrected chi connectivity index (χ4v) is 4.09. The van der Waals surface area contributed by atoms with Crippen molar-refractivity contribution in [2.45, 2.75) is 44.7 Å². The van der Waals surface area contributed by atoms with E-state index in [9.17, 15) is 14.1 Å². The van der Waals surface area contributed by atoms with Gasteiger partial charge in [0.05, 0.1) is 35.8 Å². The number of carbonyl (C=O) groups excluding carboxylic acids is 1. The molecule has 0 aliphatic carbocycles. The van der Waals surface area contributed by atoms with E-state index in [-0.39, 0.29) is 17.7 Å². The number of nitrogens with one attached hydrogen (secondary N) is 1. The molecule has 2 rings (SSSR count). The normalized spacial score (nSPS) is 14.8. The number of carbonyl (C=O) groups is 1. The van der Waals surface area contributed by atoms with Gasteiger partial charge in [-0.2, -0.15) is 0 Å². The molecule has 5 nitrogen and oxygen atoms in total. The van der Waals surface area contributed by atoms with E-state index in [0.717, 1.165) is 5.56 Å². The molecule has 0 heterocycles. The van der Waals surface area contributed by atoms with Crippen LogP contribution in [0.2, 0.25) is 0 Å². The zero-order valence-corrected chi connectivity index (χ0v) is 17.9. The number of hydrogen-bond donors (Lipinski definition) is 2. The standard InChI is InChI=1S/C22H29NO4S/c1-15(23-21(25)22(2,3)4)18-8-6-7-9-20(18)28(26)14-19(24)16-10-12-17(27-5)13-11-16/h6-13,15,19,24H,14H2,1-5H3,(H,23,25)/t15-,19-,28+/m1/s1. The van der Waals surface area contributed by atoms with Gasteiger partial charge >= 0.3 is 0 Å². The average molecular weight is 404 g/mol. The van der Waals surface area contributed by atoms with Gasteiger partial charge in [-0.15, -0.1) is 0 Å². The minimum atomic E-state index is -1.42. The molecule has 2 N–H and O–H groups in total. The number of rotatable bonds is 7. The number of methoxy groups -OCH3 is 1. The van der Waals surface area contributed by atoms with Gasteiger partial charge in [-0.3, -0.25) is 9.00 Å². The summed E-state index contributed by atoms with van der Waals surface area (Å²) in [6.07, 6.45) is -0.862. The summed E-state index contributed by atoms with van der Waals surface area (Å²) in [5, 5.41) is 13.5. The Labute approximate surface area is 169 Å². The number of hydrogen-bond acceptors (Lipinski definition) is 4. The van der Waals surface area contributed by atoms with Crippen LogP contribution in [0.4, 0.5) is 0 Å². The molecule has 28 heavy (non-hydrogen) atoms. The summed E-state index contributed by atoms with van der Waals surface area (Å²) in [4.78, 5) is 12.9. The van der Waals surface area contributed by atoms with E-state index in [1.165, 1.54) is 0 Å². The Kier molecular flexibility index (Phi) is 7.38. The molecule has 0 unspecified atom stereocenters. The predicted molar refractivity (Wildman–Crippen MR) is 112 cm³/mol. The van der Waals surface area contributed by atoms with Gasteiger partial charge in [0.15, 0.2) is 0 Å². The second-order valence-electron chi connectivity index (χ2n) is 7.78. The van der Waals surface area contributed by atoms with E-state index >= 15 is 0 Å². The van der Waals surface area contributed by atoms with E-state index in [2.05, 4.69) is 5.32 Å². The zero-order chi connectivity index (χ0) is 20.9. The molecule has 3 atom stereocenters. The molecule has 152 valence electrons. The van der Waals surface area contributed by atoms with Crippen LogP contribution in [0, 0.1) is 5.41 Å². The lowest BCUT2D eigenvalue weighted by Crippen LogP contribution is -2.36. The third-order valence-corrected chi connectivity index (χ3v) is 5.95. The van der Waals surface area contributed by atoms with Crippen LogP contribution in [-0.2, 0) is 15.6 Å². The third-order valence-electron chi connectivity index (χ3n) is 4.47. The summed E-state index contributed by atoms with van der Waals surface area (Å²) in [6.45, 7) is 7.43. The lowest BCUT2D eigenvalue weighted by molar-refractivity contribution is -0.129. The van der Waals surface area contributed by atoms with Gasteiger partial charge in [0.25, 0.3) is 0 Å². The molecule has 0 saturated heterocycles. The molecule has 2 aromatic carbocycles. The highest BCUT2D eigenvalue weighted by Gasteiger charge is 2.25. The van der Waals surface area contributed by atoms with Crippen molar-refractivity contribution in [1.29, 1.82) is 0 Å². The summed E-state index contributed by atoms with van der Waals surface area (Å²) in [5.41, 5.74) is 0.966. The molecule has 6 heteroatoms. The summed E-state index contributed by atoms with van der Waals surface area (Å²) >= 11 is 0. The minimum Gasteiger partial charge on any atom is -0.497 e. The van der Waals surface area contributed by atoms with Crippen molar-refractivity contribution >= 4 is 16.7 Å². The second-order valence-corrected chi connectivity index (χ2v) is 9.25. The number of aliphatic hydroxyl groups excluding tert-OH is 1. The summed E-state index contributed by atoms with van der Waals surface area (Å²) < 4.78 is 18.1. The Morgan fingerprint density at radius 2 is 1.75 bits per heavy atom. The van der Waals surface area contributed by atoms with E-state index in [4.69, 9.17) is 4.74 Å². The van der Waals surface area contributed by atoms with Crippen LogP contribution in [0.3, 0.4) is 0 Å². The highest BCUT2D eigenvalue weighted by atomic mass is 32.2. The van der Waals surface area contributed by atoms with Crippen LogP contribution in [0.1, 0.15) is 51.0 Å². The molecule has 1 amide bonds. The Hall–Kier alpha value is -2.18. The Bertz CT molecular complexity index is 827. The largest absolute Gasteiger partial charge is 0.497 e. The van der Waals surface area contributed by atoms with Gasteiger partial charge in [0.1, 0.15) is 5.75 Å². The Morgan fingerprint density at radius 1 is 1.14 bits per heavy atom. The van der Waals surface area contributed by atoms with E-state index in [1.807, 2.05) is 45.9 Å². The van der Waals surface area contributed by atoms with Crippen LogP contribution < -0.4 is 10.1 Å². The summed E-state index contributed by atoms with van der Waals surface area (Å²) in [5.74, 6) is 0.702. The molecule has 0 bridgehead atoms. The number of benzene rings is 2. The lowest BCUT2D eigenvalue weighted by atomic mass is 9.94. The van der Waals surface area contributed by atoms with Crippen molar-refractivity contribution in [2.75, 3.05) is 12.9 Å². The lowest BCUT2D eigenvalue weighted by Gasteiger charge is -2.23. The highest BCUT2D eigenvalue weighted by Crippen LogP contribution is 2.26. The van der Waals surface area contributed by atoms with Crippen molar-refractivity contribution in [1.82, 2.24) is 5.32 Å². The van der Waals surface area contributed by atoms with Crippen molar-refractivity contribution in [3.8, 4) is 5.75 Å². The fourth-order valence-electron chi connectivity index (χ4n) is 2.69. The van der Waals surface area contributed by atoms with Gasteiger partial charge in [-0.1, -0.05) is 51.1 Å². The highest BCUT2D eigenvalue weighted by molar-refractivity contribution is 7.85. The average Bonchev–Trinajstić information content (AvgIpc) is 2.67. The molecular formula is C22H29NO4S. The molecule has 0 aliphatic rings. The Balaban J connectivity index is 2.16. The maximum atomic E-state index is 13.0. The third kappa shape index (κ3) is 5.66. The first kappa shape index (κ1) is 22.1. The smallest absolute Gasteiger partial charge is 0.225 e. The molecule has 0 aromatic heterocycles. The van der Waals surface area contributed by atoms with E-state index < -0.39 is 22.3 Å². The summed E-state index contributed by atoms with van der Waals surface area (Å²) in [6, 6.07) is 14.1. The number of ether oxygens (including phenoxy) is 1. The molecule has 0 fully saturated rings. The first-order valence-corrected chi connectivity index (χ1v) is 10.6. The molecule has 2 aromatic rings. The molecule has 0 aliphatic heterocycles. The monoisotopic (exact) mass is 403 g/mol. The van der Waals surface area contributed by atoms with Gasteiger partial charge in [-0.25, -0.2) is 0 Å². The van der Waals surface area contributed by atoms with Crippen molar-refractivity contribution < 1.29 is 18.8 Å². The van der Waals surface area contributed by atoms with Crippen molar-refractivity contribution in [3.63, 3.8) is 0 Å². The topological polar surface area (TPSA) is 75.6 Å². The second kappa shape index (κ2) is 9.34. The van der Waals surface area contributed by atoms with Crippen LogP contribution in [0.15, 0.2) is 53.4 Å². The maximum absolute atomic E-state index is 13.0.